The van der Waals surface area contributed by atoms with Crippen LogP contribution in [0.2, 0.25) is 0 Å². The molecule has 0 spiro atoms. The second-order valence-corrected chi connectivity index (χ2v) is 13.4. The standard InChI is InChI=1S/C39H32BN3O3.C3H8/c1-38(2)39(3,4)46-40(45-38)29-22-23-32-31(24-29)34-30(16-11-17-33(34)44-32)37-42-35(27-14-9-6-10-15-27)41-36(43-37)28-20-18-26(19-21-28)25-12-7-5-8-13-25;1-3-2/h5-24H,1-4H3;3H2,1-2H3. The van der Waals surface area contributed by atoms with Crippen LogP contribution < -0.4 is 5.46 Å². The van der Waals surface area contributed by atoms with E-state index in [0.29, 0.717) is 17.5 Å². The monoisotopic (exact) mass is 645 g/mol. The third kappa shape index (κ3) is 6.28. The number of hydrogen-bond acceptors (Lipinski definition) is 6. The van der Waals surface area contributed by atoms with Crippen molar-refractivity contribution in [3.8, 4) is 45.3 Å². The van der Waals surface area contributed by atoms with Gasteiger partial charge in [-0.05, 0) is 56.4 Å². The van der Waals surface area contributed by atoms with Crippen molar-refractivity contribution in [2.24, 2.45) is 0 Å². The Labute approximate surface area is 288 Å². The molecule has 5 aromatic carbocycles. The number of nitrogens with zero attached hydrogens (tertiary/aromatic N) is 3. The zero-order valence-electron chi connectivity index (χ0n) is 28.9. The van der Waals surface area contributed by atoms with E-state index in [9.17, 15) is 0 Å². The van der Waals surface area contributed by atoms with Gasteiger partial charge in [-0.2, -0.15) is 0 Å². The molecule has 0 aliphatic carbocycles. The summed E-state index contributed by atoms with van der Waals surface area (Å²) in [5.74, 6) is 1.78. The fraction of sp³-hybridized carbons (Fsp3) is 0.214. The van der Waals surface area contributed by atoms with Crippen molar-refractivity contribution in [3.63, 3.8) is 0 Å². The van der Waals surface area contributed by atoms with Crippen molar-refractivity contribution in [2.45, 2.75) is 59.2 Å². The summed E-state index contributed by atoms with van der Waals surface area (Å²) in [6.45, 7) is 12.5. The molecule has 49 heavy (non-hydrogen) atoms. The van der Waals surface area contributed by atoms with Crippen LogP contribution in [0, 0.1) is 0 Å². The first-order valence-electron chi connectivity index (χ1n) is 17.0. The molecule has 0 amide bonds. The van der Waals surface area contributed by atoms with Crippen LogP contribution in [0.4, 0.5) is 0 Å². The summed E-state index contributed by atoms with van der Waals surface area (Å²) in [4.78, 5) is 15.0. The van der Waals surface area contributed by atoms with Crippen LogP contribution in [0.15, 0.2) is 126 Å². The van der Waals surface area contributed by atoms with Gasteiger partial charge in [0.15, 0.2) is 17.5 Å². The van der Waals surface area contributed by atoms with Gasteiger partial charge < -0.3 is 13.7 Å². The fourth-order valence-electron chi connectivity index (χ4n) is 5.94. The number of fused-ring (bicyclic) bond motifs is 3. The zero-order chi connectivity index (χ0) is 34.2. The summed E-state index contributed by atoms with van der Waals surface area (Å²) in [7, 11) is -0.487. The van der Waals surface area contributed by atoms with Gasteiger partial charge in [-0.15, -0.1) is 0 Å². The molecule has 0 radical (unpaired) electrons. The van der Waals surface area contributed by atoms with Crippen LogP contribution in [-0.2, 0) is 9.31 Å². The summed E-state index contributed by atoms with van der Waals surface area (Å²) >= 11 is 0. The van der Waals surface area contributed by atoms with Crippen LogP contribution in [0.5, 0.6) is 0 Å². The molecule has 0 unspecified atom stereocenters. The predicted molar refractivity (Wildman–Crippen MR) is 201 cm³/mol. The topological polar surface area (TPSA) is 70.3 Å². The third-order valence-electron chi connectivity index (χ3n) is 9.20. The van der Waals surface area contributed by atoms with Crippen LogP contribution in [-0.4, -0.2) is 33.3 Å². The molecular formula is C42H40BN3O3. The van der Waals surface area contributed by atoms with Crippen LogP contribution >= 0.6 is 0 Å². The molecule has 1 saturated heterocycles. The second kappa shape index (κ2) is 13.1. The molecule has 1 fully saturated rings. The molecule has 0 atom stereocenters. The van der Waals surface area contributed by atoms with Crippen molar-refractivity contribution >= 4 is 34.5 Å². The number of hydrogen-bond donors (Lipinski definition) is 0. The zero-order valence-corrected chi connectivity index (χ0v) is 28.9. The lowest BCUT2D eigenvalue weighted by Crippen LogP contribution is -2.41. The lowest BCUT2D eigenvalue weighted by atomic mass is 9.78. The molecule has 0 bridgehead atoms. The van der Waals surface area contributed by atoms with Gasteiger partial charge in [-0.3, -0.25) is 0 Å². The average Bonchev–Trinajstić information content (AvgIpc) is 3.61. The lowest BCUT2D eigenvalue weighted by molar-refractivity contribution is 0.00578. The van der Waals surface area contributed by atoms with Crippen LogP contribution in [0.3, 0.4) is 0 Å². The number of benzene rings is 5. The van der Waals surface area contributed by atoms with Crippen LogP contribution in [0.25, 0.3) is 67.2 Å². The minimum Gasteiger partial charge on any atom is -0.456 e. The van der Waals surface area contributed by atoms with E-state index in [4.69, 9.17) is 28.7 Å². The second-order valence-electron chi connectivity index (χ2n) is 13.4. The first kappa shape index (κ1) is 32.4. The van der Waals surface area contributed by atoms with E-state index >= 15 is 0 Å². The Balaban J connectivity index is 0.00000122. The minimum atomic E-state index is -0.487. The summed E-state index contributed by atoms with van der Waals surface area (Å²) < 4.78 is 19.1. The molecule has 0 saturated carbocycles. The molecular weight excluding hydrogens is 605 g/mol. The Morgan fingerprint density at radius 2 is 1.04 bits per heavy atom. The minimum absolute atomic E-state index is 0.440. The Kier molecular flexibility index (Phi) is 8.65. The van der Waals surface area contributed by atoms with Crippen molar-refractivity contribution in [2.75, 3.05) is 0 Å². The highest BCUT2D eigenvalue weighted by molar-refractivity contribution is 6.62. The maximum atomic E-state index is 6.38. The molecule has 8 rings (SSSR count). The van der Waals surface area contributed by atoms with E-state index < -0.39 is 18.3 Å². The maximum absolute atomic E-state index is 6.38. The SMILES string of the molecule is CC1(C)OB(c2ccc3oc4cccc(-c5nc(-c6ccccc6)nc(-c6ccc(-c7ccccc7)cc6)n5)c4c3c2)OC1(C)C.CCC. The lowest BCUT2D eigenvalue weighted by Gasteiger charge is -2.32. The highest BCUT2D eigenvalue weighted by Crippen LogP contribution is 2.39. The van der Waals surface area contributed by atoms with E-state index in [1.54, 1.807) is 0 Å². The molecule has 3 heterocycles. The molecule has 244 valence electrons. The molecule has 7 aromatic rings. The highest BCUT2D eigenvalue weighted by atomic mass is 16.7. The van der Waals surface area contributed by atoms with Gasteiger partial charge in [-0.1, -0.05) is 129 Å². The summed E-state index contributed by atoms with van der Waals surface area (Å²) in [5, 5.41) is 1.89. The van der Waals surface area contributed by atoms with Crippen molar-refractivity contribution in [1.29, 1.82) is 0 Å². The quantitative estimate of drug-likeness (QED) is 0.174. The van der Waals surface area contributed by atoms with Gasteiger partial charge in [-0.25, -0.2) is 15.0 Å². The van der Waals surface area contributed by atoms with Crippen LogP contribution in [0.1, 0.15) is 48.0 Å². The Hall–Kier alpha value is -5.11. The van der Waals surface area contributed by atoms with E-state index in [1.165, 1.54) is 6.42 Å². The smallest absolute Gasteiger partial charge is 0.456 e. The summed E-state index contributed by atoms with van der Waals surface area (Å²) in [6, 6.07) is 40.8. The van der Waals surface area contributed by atoms with Gasteiger partial charge in [0.25, 0.3) is 0 Å². The van der Waals surface area contributed by atoms with Crippen molar-refractivity contribution < 1.29 is 13.7 Å². The fourth-order valence-corrected chi connectivity index (χ4v) is 5.94. The van der Waals surface area contributed by atoms with Gasteiger partial charge in [0.1, 0.15) is 11.2 Å². The van der Waals surface area contributed by atoms with E-state index in [1.807, 2.05) is 78.9 Å². The highest BCUT2D eigenvalue weighted by Gasteiger charge is 2.51. The van der Waals surface area contributed by atoms with E-state index in [-0.39, 0.29) is 0 Å². The Morgan fingerprint density at radius 1 is 0.531 bits per heavy atom. The number of aromatic nitrogens is 3. The maximum Gasteiger partial charge on any atom is 0.494 e. The van der Waals surface area contributed by atoms with E-state index in [2.05, 4.69) is 84.0 Å². The molecule has 6 nitrogen and oxygen atoms in total. The number of furan rings is 1. The number of rotatable bonds is 5. The largest absolute Gasteiger partial charge is 0.494 e. The molecule has 0 N–H and O–H groups in total. The van der Waals surface area contributed by atoms with Gasteiger partial charge in [0.2, 0.25) is 0 Å². The van der Waals surface area contributed by atoms with Gasteiger partial charge in [0.05, 0.1) is 11.2 Å². The van der Waals surface area contributed by atoms with Crippen molar-refractivity contribution in [1.82, 2.24) is 15.0 Å². The molecule has 2 aromatic heterocycles. The summed E-state index contributed by atoms with van der Waals surface area (Å²) in [5.41, 5.74) is 6.57. The first-order valence-corrected chi connectivity index (χ1v) is 17.0. The Morgan fingerprint density at radius 3 is 1.65 bits per heavy atom. The molecule has 1 aliphatic heterocycles. The third-order valence-corrected chi connectivity index (χ3v) is 9.20. The first-order chi connectivity index (χ1) is 23.7. The normalized spacial score (nSPS) is 14.9. The average molecular weight is 646 g/mol. The Bertz CT molecular complexity index is 2210. The molecule has 1 aliphatic rings. The predicted octanol–water partition coefficient (Wildman–Crippen LogP) is 10.2. The molecule has 7 heteroatoms. The van der Waals surface area contributed by atoms with Gasteiger partial charge in [0, 0.05) is 27.5 Å². The van der Waals surface area contributed by atoms with Gasteiger partial charge >= 0.3 is 7.12 Å². The van der Waals surface area contributed by atoms with Crippen molar-refractivity contribution in [3.05, 3.63) is 121 Å². The summed E-state index contributed by atoms with van der Waals surface area (Å²) in [6.07, 6.45) is 1.25. The van der Waals surface area contributed by atoms with E-state index in [0.717, 1.165) is 55.2 Å².